The second-order valence-electron chi connectivity index (χ2n) is 6.74. The molecule has 1 atom stereocenters. The zero-order valence-electron chi connectivity index (χ0n) is 15.4. The van der Waals surface area contributed by atoms with Crippen LogP contribution in [0.15, 0.2) is 48.5 Å². The molecular formula is C20H25NO5S. The smallest absolute Gasteiger partial charge is 0.211 e. The van der Waals surface area contributed by atoms with Crippen molar-refractivity contribution in [3.63, 3.8) is 0 Å². The van der Waals surface area contributed by atoms with E-state index in [0.29, 0.717) is 31.9 Å². The molecule has 3 rings (SSSR count). The molecule has 0 saturated heterocycles. The molecule has 7 heteroatoms. The lowest BCUT2D eigenvalue weighted by Crippen LogP contribution is -2.35. The van der Waals surface area contributed by atoms with Crippen LogP contribution >= 0.6 is 0 Å². The molecular weight excluding hydrogens is 366 g/mol. The van der Waals surface area contributed by atoms with E-state index in [1.54, 1.807) is 0 Å². The Morgan fingerprint density at radius 1 is 1.11 bits per heavy atom. The summed E-state index contributed by atoms with van der Waals surface area (Å²) < 4.78 is 36.0. The van der Waals surface area contributed by atoms with Crippen LogP contribution in [-0.2, 0) is 34.3 Å². The molecule has 1 N–H and O–H groups in total. The van der Waals surface area contributed by atoms with Crippen molar-refractivity contribution in [2.75, 3.05) is 26.0 Å². The maximum absolute atomic E-state index is 11.7. The first-order chi connectivity index (χ1) is 12.9. The molecule has 1 unspecified atom stereocenters. The second kappa shape index (κ2) is 8.84. The third kappa shape index (κ3) is 5.77. The van der Waals surface area contributed by atoms with Crippen molar-refractivity contribution in [2.45, 2.75) is 25.7 Å². The number of sulfonamides is 1. The van der Waals surface area contributed by atoms with E-state index in [1.807, 2.05) is 48.5 Å². The van der Waals surface area contributed by atoms with Crippen molar-refractivity contribution < 1.29 is 23.0 Å². The van der Waals surface area contributed by atoms with Crippen LogP contribution < -0.4 is 4.74 Å². The molecule has 0 saturated carbocycles. The van der Waals surface area contributed by atoms with Gasteiger partial charge in [0, 0.05) is 13.1 Å². The number of hydrogen-bond acceptors (Lipinski definition) is 5. The van der Waals surface area contributed by atoms with Gasteiger partial charge in [0.2, 0.25) is 10.0 Å². The maximum Gasteiger partial charge on any atom is 0.211 e. The van der Waals surface area contributed by atoms with Crippen LogP contribution in [0.1, 0.15) is 16.7 Å². The third-order valence-electron chi connectivity index (χ3n) is 4.49. The molecule has 2 aromatic carbocycles. The number of benzene rings is 2. The Balaban J connectivity index is 1.46. The van der Waals surface area contributed by atoms with Crippen molar-refractivity contribution in [1.82, 2.24) is 4.31 Å². The highest BCUT2D eigenvalue weighted by molar-refractivity contribution is 7.88. The lowest BCUT2D eigenvalue weighted by molar-refractivity contribution is 0.00547. The fourth-order valence-electron chi connectivity index (χ4n) is 3.00. The lowest BCUT2D eigenvalue weighted by Gasteiger charge is -2.27. The molecule has 27 heavy (non-hydrogen) atoms. The van der Waals surface area contributed by atoms with Gasteiger partial charge in [0.25, 0.3) is 0 Å². The minimum atomic E-state index is -3.17. The molecule has 0 aromatic heterocycles. The molecule has 0 bridgehead atoms. The molecule has 0 radical (unpaired) electrons. The molecule has 6 nitrogen and oxygen atoms in total. The molecule has 1 aliphatic heterocycles. The normalized spacial score (nSPS) is 15.9. The third-order valence-corrected chi connectivity index (χ3v) is 5.74. The first-order valence-corrected chi connectivity index (χ1v) is 10.8. The van der Waals surface area contributed by atoms with E-state index >= 15 is 0 Å². The quantitative estimate of drug-likeness (QED) is 0.745. The topological polar surface area (TPSA) is 76.1 Å². The van der Waals surface area contributed by atoms with E-state index in [0.717, 1.165) is 16.7 Å². The Morgan fingerprint density at radius 3 is 2.63 bits per heavy atom. The zero-order valence-corrected chi connectivity index (χ0v) is 16.2. The van der Waals surface area contributed by atoms with E-state index in [-0.39, 0.29) is 13.2 Å². The summed E-state index contributed by atoms with van der Waals surface area (Å²) in [7, 11) is -3.17. The average molecular weight is 391 g/mol. The number of hydrogen-bond donors (Lipinski definition) is 1. The minimum absolute atomic E-state index is 0.142. The van der Waals surface area contributed by atoms with Crippen LogP contribution in [0.5, 0.6) is 5.75 Å². The SMILES string of the molecule is CS(=O)(=O)N1CCc2cc(OCC(O)COCc3ccccc3)ccc2C1. The Bertz CT molecular complexity index is 854. The molecule has 0 aliphatic carbocycles. The number of ether oxygens (including phenoxy) is 2. The standard InChI is InChI=1S/C20H25NO5S/c1-27(23,24)21-10-9-17-11-20(8-7-18(17)12-21)26-15-19(22)14-25-13-16-5-3-2-4-6-16/h2-8,11,19,22H,9-10,12-15H2,1H3. The summed E-state index contributed by atoms with van der Waals surface area (Å²) in [5, 5.41) is 10.0. The highest BCUT2D eigenvalue weighted by atomic mass is 32.2. The van der Waals surface area contributed by atoms with Crippen LogP contribution in [-0.4, -0.2) is 49.9 Å². The Hall–Kier alpha value is -1.93. The van der Waals surface area contributed by atoms with Gasteiger partial charge in [0.1, 0.15) is 18.5 Å². The Labute approximate surface area is 160 Å². The van der Waals surface area contributed by atoms with Gasteiger partial charge in [-0.1, -0.05) is 36.4 Å². The van der Waals surface area contributed by atoms with Crippen LogP contribution in [0.2, 0.25) is 0 Å². The maximum atomic E-state index is 11.7. The number of fused-ring (bicyclic) bond motifs is 1. The van der Waals surface area contributed by atoms with E-state index in [4.69, 9.17) is 9.47 Å². The predicted octanol–water partition coefficient (Wildman–Crippen LogP) is 1.96. The molecule has 0 fully saturated rings. The number of aliphatic hydroxyl groups excluding tert-OH is 1. The van der Waals surface area contributed by atoms with Gasteiger partial charge in [0.15, 0.2) is 0 Å². The van der Waals surface area contributed by atoms with Crippen LogP contribution in [0.25, 0.3) is 0 Å². The van der Waals surface area contributed by atoms with Gasteiger partial charge in [-0.2, -0.15) is 4.31 Å². The molecule has 2 aromatic rings. The van der Waals surface area contributed by atoms with Crippen LogP contribution in [0, 0.1) is 0 Å². The zero-order chi connectivity index (χ0) is 19.3. The molecule has 1 heterocycles. The fourth-order valence-corrected chi connectivity index (χ4v) is 3.80. The van der Waals surface area contributed by atoms with Crippen molar-refractivity contribution in [3.05, 3.63) is 65.2 Å². The summed E-state index contributed by atoms with van der Waals surface area (Å²) in [6, 6.07) is 15.4. The second-order valence-corrected chi connectivity index (χ2v) is 8.73. The largest absolute Gasteiger partial charge is 0.491 e. The average Bonchev–Trinajstić information content (AvgIpc) is 2.66. The Morgan fingerprint density at radius 2 is 1.89 bits per heavy atom. The number of aliphatic hydroxyl groups is 1. The summed E-state index contributed by atoms with van der Waals surface area (Å²) in [4.78, 5) is 0. The number of nitrogens with zero attached hydrogens (tertiary/aromatic N) is 1. The minimum Gasteiger partial charge on any atom is -0.491 e. The van der Waals surface area contributed by atoms with Gasteiger partial charge in [0.05, 0.1) is 19.5 Å². The van der Waals surface area contributed by atoms with E-state index in [9.17, 15) is 13.5 Å². The van der Waals surface area contributed by atoms with Gasteiger partial charge in [-0.15, -0.1) is 0 Å². The highest BCUT2D eigenvalue weighted by Crippen LogP contribution is 2.25. The highest BCUT2D eigenvalue weighted by Gasteiger charge is 2.23. The molecule has 0 spiro atoms. The van der Waals surface area contributed by atoms with Gasteiger partial charge < -0.3 is 14.6 Å². The van der Waals surface area contributed by atoms with Gasteiger partial charge in [-0.3, -0.25) is 0 Å². The van der Waals surface area contributed by atoms with Crippen LogP contribution in [0.3, 0.4) is 0 Å². The molecule has 146 valence electrons. The summed E-state index contributed by atoms with van der Waals surface area (Å²) in [5.41, 5.74) is 3.14. The van der Waals surface area contributed by atoms with E-state index < -0.39 is 16.1 Å². The molecule has 1 aliphatic rings. The van der Waals surface area contributed by atoms with Crippen molar-refractivity contribution in [3.8, 4) is 5.75 Å². The summed E-state index contributed by atoms with van der Waals surface area (Å²) in [5.74, 6) is 0.670. The fraction of sp³-hybridized carbons (Fsp3) is 0.400. The Kier molecular flexibility index (Phi) is 6.49. The van der Waals surface area contributed by atoms with Crippen molar-refractivity contribution >= 4 is 10.0 Å². The first kappa shape index (κ1) is 19.8. The van der Waals surface area contributed by atoms with Crippen molar-refractivity contribution in [2.24, 2.45) is 0 Å². The summed E-state index contributed by atoms with van der Waals surface area (Å²) >= 11 is 0. The predicted molar refractivity (Wildman–Crippen MR) is 103 cm³/mol. The summed E-state index contributed by atoms with van der Waals surface area (Å²) in [6.07, 6.45) is 1.17. The number of rotatable bonds is 8. The monoisotopic (exact) mass is 391 g/mol. The van der Waals surface area contributed by atoms with E-state index in [1.165, 1.54) is 10.6 Å². The van der Waals surface area contributed by atoms with Gasteiger partial charge >= 0.3 is 0 Å². The lowest BCUT2D eigenvalue weighted by atomic mass is 10.0. The van der Waals surface area contributed by atoms with Gasteiger partial charge in [-0.25, -0.2) is 8.42 Å². The van der Waals surface area contributed by atoms with Crippen molar-refractivity contribution in [1.29, 1.82) is 0 Å². The first-order valence-electron chi connectivity index (χ1n) is 8.91. The molecule has 0 amide bonds. The summed E-state index contributed by atoms with van der Waals surface area (Å²) in [6.45, 7) is 1.66. The van der Waals surface area contributed by atoms with E-state index in [2.05, 4.69) is 0 Å². The van der Waals surface area contributed by atoms with Gasteiger partial charge in [-0.05, 0) is 35.2 Å². The van der Waals surface area contributed by atoms with Crippen LogP contribution in [0.4, 0.5) is 0 Å².